The molecule has 2 N–H and O–H groups in total. The normalized spacial score (nSPS) is 26.1. The van der Waals surface area contributed by atoms with Gasteiger partial charge in [0.2, 0.25) is 5.60 Å². The Bertz CT molecular complexity index is 661. The highest BCUT2D eigenvalue weighted by atomic mass is 19.4. The van der Waals surface area contributed by atoms with Crippen molar-refractivity contribution in [3.8, 4) is 0 Å². The van der Waals surface area contributed by atoms with Crippen molar-refractivity contribution in [1.29, 1.82) is 0 Å². The molecule has 1 aromatic heterocycles. The first kappa shape index (κ1) is 14.5. The van der Waals surface area contributed by atoms with Crippen LogP contribution in [0, 0.1) is 6.92 Å². The molecule has 2 heterocycles. The lowest BCUT2D eigenvalue weighted by Gasteiger charge is -2.29. The van der Waals surface area contributed by atoms with Gasteiger partial charge in [-0.3, -0.25) is 14.3 Å². The molecule has 2 atom stereocenters. The lowest BCUT2D eigenvalue weighted by atomic mass is 10.1. The summed E-state index contributed by atoms with van der Waals surface area (Å²) in [6, 6.07) is 0. The van der Waals surface area contributed by atoms with Crippen molar-refractivity contribution in [2.24, 2.45) is 0 Å². The maximum Gasteiger partial charge on any atom is 0.423 e. The standard InChI is InChI=1S/C11H11F3N2O4/c1-6-4-16(9(19)15-8(6)18)7-2-3-10(5-17,20-7)11(12,13)14/h2-4,7,17H,5H2,1H3,(H,15,18,19)/t7-,10+/m1/s1. The zero-order chi connectivity index (χ0) is 15.1. The molecule has 0 aliphatic carbocycles. The van der Waals surface area contributed by atoms with Gasteiger partial charge in [0.15, 0.2) is 6.23 Å². The number of alkyl halides is 3. The topological polar surface area (TPSA) is 84.3 Å². The van der Waals surface area contributed by atoms with Crippen LogP contribution in [0.15, 0.2) is 27.9 Å². The van der Waals surface area contributed by atoms with Gasteiger partial charge in [-0.2, -0.15) is 13.2 Å². The minimum atomic E-state index is -4.83. The minimum absolute atomic E-state index is 0.148. The number of aryl methyl sites for hydroxylation is 1. The highest BCUT2D eigenvalue weighted by molar-refractivity contribution is 5.15. The van der Waals surface area contributed by atoms with E-state index in [4.69, 9.17) is 9.84 Å². The molecule has 0 saturated heterocycles. The molecule has 0 unspecified atom stereocenters. The highest BCUT2D eigenvalue weighted by Gasteiger charge is 2.57. The molecule has 9 heteroatoms. The first-order valence-electron chi connectivity index (χ1n) is 5.57. The van der Waals surface area contributed by atoms with E-state index in [1.54, 1.807) is 0 Å². The maximum atomic E-state index is 12.9. The Kier molecular flexibility index (Phi) is 3.34. The zero-order valence-electron chi connectivity index (χ0n) is 10.3. The molecule has 110 valence electrons. The van der Waals surface area contributed by atoms with Gasteiger partial charge in [0, 0.05) is 11.8 Å². The molecule has 0 radical (unpaired) electrons. The van der Waals surface area contributed by atoms with E-state index < -0.39 is 35.9 Å². The van der Waals surface area contributed by atoms with Gasteiger partial charge in [-0.15, -0.1) is 0 Å². The van der Waals surface area contributed by atoms with Crippen molar-refractivity contribution < 1.29 is 23.0 Å². The molecular formula is C11H11F3N2O4. The van der Waals surface area contributed by atoms with Gasteiger partial charge in [-0.25, -0.2) is 4.79 Å². The van der Waals surface area contributed by atoms with Crippen LogP contribution < -0.4 is 11.2 Å². The fourth-order valence-corrected chi connectivity index (χ4v) is 1.80. The third-order valence-electron chi connectivity index (χ3n) is 3.00. The summed E-state index contributed by atoms with van der Waals surface area (Å²) in [5.74, 6) is 0. The molecule has 2 rings (SSSR count). The summed E-state index contributed by atoms with van der Waals surface area (Å²) in [5, 5.41) is 8.94. The number of aromatic amines is 1. The largest absolute Gasteiger partial charge is 0.423 e. The number of nitrogens with zero attached hydrogens (tertiary/aromatic N) is 1. The van der Waals surface area contributed by atoms with Gasteiger partial charge in [0.1, 0.15) is 0 Å². The predicted molar refractivity (Wildman–Crippen MR) is 61.2 cm³/mol. The summed E-state index contributed by atoms with van der Waals surface area (Å²) < 4.78 is 44.2. The molecule has 1 aliphatic rings. The molecule has 1 aliphatic heterocycles. The van der Waals surface area contributed by atoms with Crippen LogP contribution in [0.25, 0.3) is 0 Å². The molecule has 0 amide bonds. The summed E-state index contributed by atoms with van der Waals surface area (Å²) in [5.41, 5.74) is -4.22. The zero-order valence-corrected chi connectivity index (χ0v) is 10.3. The summed E-state index contributed by atoms with van der Waals surface area (Å²) >= 11 is 0. The first-order valence-corrected chi connectivity index (χ1v) is 5.57. The third kappa shape index (κ3) is 2.18. The lowest BCUT2D eigenvalue weighted by molar-refractivity contribution is -0.276. The fraction of sp³-hybridized carbons (Fsp3) is 0.455. The lowest BCUT2D eigenvalue weighted by Crippen LogP contribution is -2.48. The summed E-state index contributed by atoms with van der Waals surface area (Å²) in [6.45, 7) is 0.0943. The van der Waals surface area contributed by atoms with Gasteiger partial charge in [0.05, 0.1) is 6.61 Å². The van der Waals surface area contributed by atoms with Crippen LogP contribution in [-0.2, 0) is 4.74 Å². The van der Waals surface area contributed by atoms with Crippen LogP contribution in [0.5, 0.6) is 0 Å². The number of halogens is 3. The monoisotopic (exact) mass is 292 g/mol. The SMILES string of the molecule is Cc1cn([C@H]2C=C[C@](CO)(C(F)(F)F)O2)c(=O)[nH]c1=O. The van der Waals surface area contributed by atoms with Crippen LogP contribution in [0.4, 0.5) is 13.2 Å². The van der Waals surface area contributed by atoms with E-state index >= 15 is 0 Å². The van der Waals surface area contributed by atoms with Gasteiger partial charge in [-0.1, -0.05) is 0 Å². The molecule has 6 nitrogen and oxygen atoms in total. The number of aromatic nitrogens is 2. The molecule has 0 saturated carbocycles. The predicted octanol–water partition coefficient (Wildman–Crippen LogP) is 0.223. The van der Waals surface area contributed by atoms with E-state index in [1.807, 2.05) is 4.98 Å². The Balaban J connectivity index is 2.41. The second-order valence-corrected chi connectivity index (χ2v) is 4.39. The van der Waals surface area contributed by atoms with Crippen molar-refractivity contribution >= 4 is 0 Å². The Hall–Kier alpha value is -1.87. The van der Waals surface area contributed by atoms with Crippen molar-refractivity contribution in [3.05, 3.63) is 44.8 Å². The number of ether oxygens (including phenoxy) is 1. The van der Waals surface area contributed by atoms with Crippen molar-refractivity contribution in [1.82, 2.24) is 9.55 Å². The van der Waals surface area contributed by atoms with E-state index in [0.29, 0.717) is 6.08 Å². The van der Waals surface area contributed by atoms with Gasteiger partial charge < -0.3 is 9.84 Å². The van der Waals surface area contributed by atoms with Crippen LogP contribution in [0.2, 0.25) is 0 Å². The van der Waals surface area contributed by atoms with Gasteiger partial charge in [-0.05, 0) is 19.1 Å². The number of aliphatic hydroxyl groups is 1. The van der Waals surface area contributed by atoms with E-state index in [1.165, 1.54) is 6.92 Å². The summed E-state index contributed by atoms with van der Waals surface area (Å²) in [7, 11) is 0. The smallest absolute Gasteiger partial charge is 0.393 e. The van der Waals surface area contributed by atoms with Crippen LogP contribution >= 0.6 is 0 Å². The van der Waals surface area contributed by atoms with Gasteiger partial charge >= 0.3 is 11.9 Å². The number of rotatable bonds is 2. The second-order valence-electron chi connectivity index (χ2n) is 4.39. The van der Waals surface area contributed by atoms with E-state index in [9.17, 15) is 22.8 Å². The Morgan fingerprint density at radius 3 is 2.65 bits per heavy atom. The van der Waals surface area contributed by atoms with Crippen molar-refractivity contribution in [3.63, 3.8) is 0 Å². The molecule has 0 spiro atoms. The molecule has 0 bridgehead atoms. The minimum Gasteiger partial charge on any atom is -0.393 e. The van der Waals surface area contributed by atoms with Crippen molar-refractivity contribution in [2.45, 2.75) is 24.9 Å². The van der Waals surface area contributed by atoms with E-state index in [2.05, 4.69) is 0 Å². The molecule has 0 aromatic carbocycles. The van der Waals surface area contributed by atoms with Crippen LogP contribution in [0.1, 0.15) is 11.8 Å². The quantitative estimate of drug-likeness (QED) is 0.764. The summed E-state index contributed by atoms with van der Waals surface area (Å²) in [6.07, 6.45) is -3.42. The first-order chi connectivity index (χ1) is 9.20. The highest BCUT2D eigenvalue weighted by Crippen LogP contribution is 2.41. The van der Waals surface area contributed by atoms with Crippen LogP contribution in [-0.4, -0.2) is 33.0 Å². The number of hydrogen-bond acceptors (Lipinski definition) is 4. The average molecular weight is 292 g/mol. The Morgan fingerprint density at radius 1 is 1.50 bits per heavy atom. The van der Waals surface area contributed by atoms with E-state index in [0.717, 1.165) is 16.8 Å². The third-order valence-corrected chi connectivity index (χ3v) is 3.00. The van der Waals surface area contributed by atoms with Gasteiger partial charge in [0.25, 0.3) is 5.56 Å². The molecule has 0 fully saturated rings. The number of H-pyrrole nitrogens is 1. The number of hydrogen-bond donors (Lipinski definition) is 2. The van der Waals surface area contributed by atoms with Crippen molar-refractivity contribution in [2.75, 3.05) is 6.61 Å². The molecule has 1 aromatic rings. The molecule has 20 heavy (non-hydrogen) atoms. The Labute approximate surface area is 110 Å². The van der Waals surface area contributed by atoms with Crippen LogP contribution in [0.3, 0.4) is 0 Å². The fourth-order valence-electron chi connectivity index (χ4n) is 1.80. The number of nitrogens with one attached hydrogen (secondary N) is 1. The number of aliphatic hydroxyl groups excluding tert-OH is 1. The average Bonchev–Trinajstić information content (AvgIpc) is 2.78. The Morgan fingerprint density at radius 2 is 2.15 bits per heavy atom. The second kappa shape index (κ2) is 4.60. The van der Waals surface area contributed by atoms with E-state index in [-0.39, 0.29) is 5.56 Å². The maximum absolute atomic E-state index is 12.9. The molecular weight excluding hydrogens is 281 g/mol. The summed E-state index contributed by atoms with van der Waals surface area (Å²) in [4.78, 5) is 24.7.